The number of likely N-dealkylation sites (tertiary alicyclic amines) is 1. The minimum atomic E-state index is -0.0129. The topological polar surface area (TPSA) is 72.4 Å². The first-order chi connectivity index (χ1) is 11.7. The summed E-state index contributed by atoms with van der Waals surface area (Å²) in [5, 5.41) is 4.00. The summed E-state index contributed by atoms with van der Waals surface area (Å²) in [6, 6.07) is 12.1. The van der Waals surface area contributed by atoms with Gasteiger partial charge in [-0.15, -0.1) is 0 Å². The second-order valence-corrected chi connectivity index (χ2v) is 7.14. The Kier molecular flexibility index (Phi) is 4.10. The quantitative estimate of drug-likeness (QED) is 0.941. The standard InChI is InChI=1S/C19H23N3O2/c20-16-7-6-14-11-22(12-15(14)9-16)19(23)18-10-17(24-21-18)8-13-4-2-1-3-5-13/h1-5,10,14-16H,6-9,11-12,20H2. The van der Waals surface area contributed by atoms with Crippen LogP contribution in [0.5, 0.6) is 0 Å². The molecule has 1 aromatic heterocycles. The average molecular weight is 325 g/mol. The highest BCUT2D eigenvalue weighted by Gasteiger charge is 2.39. The Hall–Kier alpha value is -2.14. The van der Waals surface area contributed by atoms with E-state index in [-0.39, 0.29) is 5.91 Å². The second kappa shape index (κ2) is 6.40. The van der Waals surface area contributed by atoms with Crippen molar-refractivity contribution >= 4 is 5.91 Å². The lowest BCUT2D eigenvalue weighted by Crippen LogP contribution is -2.32. The van der Waals surface area contributed by atoms with Crippen molar-refractivity contribution in [2.24, 2.45) is 17.6 Å². The second-order valence-electron chi connectivity index (χ2n) is 7.14. The highest BCUT2D eigenvalue weighted by Crippen LogP contribution is 2.36. The molecule has 5 heteroatoms. The monoisotopic (exact) mass is 325 g/mol. The van der Waals surface area contributed by atoms with Crippen LogP contribution in [0, 0.1) is 11.8 Å². The summed E-state index contributed by atoms with van der Waals surface area (Å²) < 4.78 is 5.37. The number of hydrogen-bond acceptors (Lipinski definition) is 4. The predicted octanol–water partition coefficient (Wildman–Crippen LogP) is 2.46. The van der Waals surface area contributed by atoms with Crippen molar-refractivity contribution in [2.45, 2.75) is 31.7 Å². The van der Waals surface area contributed by atoms with Gasteiger partial charge in [0.15, 0.2) is 5.69 Å². The lowest BCUT2D eigenvalue weighted by molar-refractivity contribution is 0.0773. The summed E-state index contributed by atoms with van der Waals surface area (Å²) in [6.07, 6.45) is 3.90. The molecule has 1 amide bonds. The molecule has 1 saturated heterocycles. The highest BCUT2D eigenvalue weighted by atomic mass is 16.5. The van der Waals surface area contributed by atoms with Gasteiger partial charge in [-0.1, -0.05) is 35.5 Å². The first-order valence-corrected chi connectivity index (χ1v) is 8.73. The number of aromatic nitrogens is 1. The van der Waals surface area contributed by atoms with Gasteiger partial charge >= 0.3 is 0 Å². The molecule has 1 saturated carbocycles. The molecule has 1 aliphatic heterocycles. The summed E-state index contributed by atoms with van der Waals surface area (Å²) in [4.78, 5) is 14.6. The molecule has 0 bridgehead atoms. The molecule has 0 radical (unpaired) electrons. The minimum absolute atomic E-state index is 0.0129. The molecule has 2 heterocycles. The number of benzene rings is 1. The van der Waals surface area contributed by atoms with Crippen LogP contribution in [0.1, 0.15) is 41.1 Å². The Morgan fingerprint density at radius 3 is 2.83 bits per heavy atom. The van der Waals surface area contributed by atoms with Crippen LogP contribution in [0.15, 0.2) is 40.9 Å². The number of amides is 1. The van der Waals surface area contributed by atoms with Crippen molar-refractivity contribution in [1.29, 1.82) is 0 Å². The van der Waals surface area contributed by atoms with E-state index in [1.54, 1.807) is 6.07 Å². The van der Waals surface area contributed by atoms with Gasteiger partial charge < -0.3 is 15.2 Å². The third-order valence-corrected chi connectivity index (χ3v) is 5.38. The van der Waals surface area contributed by atoms with Crippen LogP contribution in [0.3, 0.4) is 0 Å². The molecular formula is C19H23N3O2. The van der Waals surface area contributed by atoms with Gasteiger partial charge in [-0.25, -0.2) is 0 Å². The number of nitrogens with two attached hydrogens (primary N) is 1. The maximum atomic E-state index is 12.7. The van der Waals surface area contributed by atoms with E-state index in [0.717, 1.165) is 43.7 Å². The highest BCUT2D eigenvalue weighted by molar-refractivity contribution is 5.92. The Balaban J connectivity index is 1.42. The van der Waals surface area contributed by atoms with Crippen LogP contribution in [-0.4, -0.2) is 35.1 Å². The number of carbonyl (C=O) groups excluding carboxylic acids is 1. The van der Waals surface area contributed by atoms with E-state index in [4.69, 9.17) is 10.3 Å². The van der Waals surface area contributed by atoms with Gasteiger partial charge in [0, 0.05) is 31.6 Å². The fraction of sp³-hybridized carbons (Fsp3) is 0.474. The van der Waals surface area contributed by atoms with Gasteiger partial charge in [0.1, 0.15) is 5.76 Å². The van der Waals surface area contributed by atoms with E-state index >= 15 is 0 Å². The SMILES string of the molecule is NC1CCC2CN(C(=O)c3cc(Cc4ccccc4)on3)CC2C1. The number of carbonyl (C=O) groups is 1. The van der Waals surface area contributed by atoms with E-state index in [9.17, 15) is 4.79 Å². The van der Waals surface area contributed by atoms with Gasteiger partial charge in [-0.05, 0) is 36.7 Å². The molecular weight excluding hydrogens is 302 g/mol. The van der Waals surface area contributed by atoms with E-state index in [0.29, 0.717) is 30.0 Å². The fourth-order valence-corrected chi connectivity index (χ4v) is 4.09. The number of nitrogens with zero attached hydrogens (tertiary/aromatic N) is 2. The molecule has 4 rings (SSSR count). The summed E-state index contributed by atoms with van der Waals surface area (Å²) in [7, 11) is 0. The van der Waals surface area contributed by atoms with Crippen molar-refractivity contribution in [2.75, 3.05) is 13.1 Å². The summed E-state index contributed by atoms with van der Waals surface area (Å²) >= 11 is 0. The molecule has 126 valence electrons. The first-order valence-electron chi connectivity index (χ1n) is 8.73. The number of hydrogen-bond donors (Lipinski definition) is 1. The summed E-state index contributed by atoms with van der Waals surface area (Å²) in [5.41, 5.74) is 7.64. The normalized spacial score (nSPS) is 26.4. The number of rotatable bonds is 3. The van der Waals surface area contributed by atoms with Crippen molar-refractivity contribution in [3.63, 3.8) is 0 Å². The molecule has 2 aromatic rings. The predicted molar refractivity (Wildman–Crippen MR) is 90.5 cm³/mol. The summed E-state index contributed by atoms with van der Waals surface area (Å²) in [6.45, 7) is 1.63. The van der Waals surface area contributed by atoms with Crippen molar-refractivity contribution in [1.82, 2.24) is 10.1 Å². The van der Waals surface area contributed by atoms with E-state index in [2.05, 4.69) is 5.16 Å². The van der Waals surface area contributed by atoms with E-state index in [1.165, 1.54) is 0 Å². The molecule has 2 fully saturated rings. The van der Waals surface area contributed by atoms with Gasteiger partial charge in [0.25, 0.3) is 5.91 Å². The maximum Gasteiger partial charge on any atom is 0.276 e. The van der Waals surface area contributed by atoms with Crippen molar-refractivity contribution in [3.8, 4) is 0 Å². The van der Waals surface area contributed by atoms with Gasteiger partial charge in [-0.2, -0.15) is 0 Å². The molecule has 24 heavy (non-hydrogen) atoms. The van der Waals surface area contributed by atoms with E-state index in [1.807, 2.05) is 35.2 Å². The van der Waals surface area contributed by atoms with Crippen LogP contribution in [-0.2, 0) is 6.42 Å². The molecule has 2 N–H and O–H groups in total. The zero-order valence-electron chi connectivity index (χ0n) is 13.7. The summed E-state index contributed by atoms with van der Waals surface area (Å²) in [5.74, 6) is 1.86. The third-order valence-electron chi connectivity index (χ3n) is 5.38. The Morgan fingerprint density at radius 1 is 1.21 bits per heavy atom. The van der Waals surface area contributed by atoms with Crippen LogP contribution in [0.25, 0.3) is 0 Å². The molecule has 0 spiro atoms. The Bertz CT molecular complexity index is 712. The third kappa shape index (κ3) is 3.08. The molecule has 3 unspecified atom stereocenters. The van der Waals surface area contributed by atoms with Crippen LogP contribution in [0.2, 0.25) is 0 Å². The maximum absolute atomic E-state index is 12.7. The molecule has 2 aliphatic rings. The first kappa shape index (κ1) is 15.4. The van der Waals surface area contributed by atoms with Crippen LogP contribution < -0.4 is 5.73 Å². The largest absolute Gasteiger partial charge is 0.360 e. The molecule has 3 atom stereocenters. The zero-order chi connectivity index (χ0) is 16.5. The average Bonchev–Trinajstić information content (AvgIpc) is 3.21. The lowest BCUT2D eigenvalue weighted by atomic mass is 9.79. The fourth-order valence-electron chi connectivity index (χ4n) is 4.09. The van der Waals surface area contributed by atoms with Crippen molar-refractivity contribution in [3.05, 3.63) is 53.4 Å². The van der Waals surface area contributed by atoms with Gasteiger partial charge in [0.05, 0.1) is 0 Å². The Labute approximate surface area is 141 Å². The lowest BCUT2D eigenvalue weighted by Gasteiger charge is -2.27. The molecule has 1 aromatic carbocycles. The minimum Gasteiger partial charge on any atom is -0.360 e. The van der Waals surface area contributed by atoms with Crippen LogP contribution in [0.4, 0.5) is 0 Å². The smallest absolute Gasteiger partial charge is 0.276 e. The molecule has 5 nitrogen and oxygen atoms in total. The zero-order valence-corrected chi connectivity index (χ0v) is 13.7. The molecule has 1 aliphatic carbocycles. The van der Waals surface area contributed by atoms with Crippen molar-refractivity contribution < 1.29 is 9.32 Å². The van der Waals surface area contributed by atoms with E-state index < -0.39 is 0 Å². The Morgan fingerprint density at radius 2 is 2.00 bits per heavy atom. The van der Waals surface area contributed by atoms with Gasteiger partial charge in [0.2, 0.25) is 0 Å². The van der Waals surface area contributed by atoms with Gasteiger partial charge in [-0.3, -0.25) is 4.79 Å². The van der Waals surface area contributed by atoms with Crippen LogP contribution >= 0.6 is 0 Å². The number of fused-ring (bicyclic) bond motifs is 1.